The summed E-state index contributed by atoms with van der Waals surface area (Å²) in [4.78, 5) is 16.3. The minimum Gasteiger partial charge on any atom is -0.303 e. The molecule has 0 N–H and O–H groups in total. The zero-order valence-electron chi connectivity index (χ0n) is 16.6. The summed E-state index contributed by atoms with van der Waals surface area (Å²) >= 11 is 5.63. The van der Waals surface area contributed by atoms with E-state index in [1.54, 1.807) is 49.1 Å². The van der Waals surface area contributed by atoms with Gasteiger partial charge in [0.15, 0.2) is 5.11 Å². The Hall–Kier alpha value is -2.78. The highest BCUT2D eigenvalue weighted by molar-refractivity contribution is 7.81. The van der Waals surface area contributed by atoms with Gasteiger partial charge in [-0.05, 0) is 80.4 Å². The van der Waals surface area contributed by atoms with Crippen LogP contribution < -0.4 is 9.80 Å². The summed E-state index contributed by atoms with van der Waals surface area (Å²) in [5.41, 5.74) is 2.10. The fraction of sp³-hybridized carbons (Fsp3) is 0.318. The van der Waals surface area contributed by atoms with E-state index in [4.69, 9.17) is 17.5 Å². The van der Waals surface area contributed by atoms with E-state index in [2.05, 4.69) is 6.07 Å². The average Bonchev–Trinajstić information content (AvgIpc) is 2.79. The van der Waals surface area contributed by atoms with Gasteiger partial charge in [0.25, 0.3) is 5.91 Å². The van der Waals surface area contributed by atoms with E-state index < -0.39 is 5.54 Å². The van der Waals surface area contributed by atoms with Gasteiger partial charge in [-0.3, -0.25) is 9.69 Å². The second-order valence-corrected chi connectivity index (χ2v) is 8.15. The minimum atomic E-state index is -0.968. The highest BCUT2D eigenvalue weighted by Gasteiger charge is 2.50. The summed E-state index contributed by atoms with van der Waals surface area (Å²) in [5, 5.41) is 9.43. The first kappa shape index (κ1) is 20.0. The molecule has 0 aliphatic carbocycles. The molecule has 1 aliphatic rings. The molecule has 0 aromatic heterocycles. The van der Waals surface area contributed by atoms with Crippen LogP contribution in [0.2, 0.25) is 0 Å². The molecule has 0 saturated carbocycles. The lowest BCUT2D eigenvalue weighted by molar-refractivity contribution is -0.120. The molecule has 144 valence electrons. The van der Waals surface area contributed by atoms with Gasteiger partial charge in [-0.15, -0.1) is 0 Å². The molecule has 2 aromatic rings. The van der Waals surface area contributed by atoms with Gasteiger partial charge in [-0.1, -0.05) is 19.9 Å². The molecular formula is C22H22FN3OS. The Kier molecular flexibility index (Phi) is 4.99. The maximum Gasteiger partial charge on any atom is 0.259 e. The lowest BCUT2D eigenvalue weighted by Gasteiger charge is -2.29. The molecule has 4 nitrogen and oxygen atoms in total. The van der Waals surface area contributed by atoms with Crippen molar-refractivity contribution in [1.82, 2.24) is 0 Å². The van der Waals surface area contributed by atoms with Crippen molar-refractivity contribution in [3.63, 3.8) is 0 Å². The normalized spacial score (nSPS) is 16.1. The summed E-state index contributed by atoms with van der Waals surface area (Å²) in [7, 11) is 0. The monoisotopic (exact) mass is 395 g/mol. The quantitative estimate of drug-likeness (QED) is 0.683. The number of carbonyl (C=O) groups is 1. The molecule has 0 atom stereocenters. The Morgan fingerprint density at radius 3 is 2.32 bits per heavy atom. The molecule has 0 radical (unpaired) electrons. The number of hydrogen-bond acceptors (Lipinski definition) is 3. The standard InChI is InChI=1S/C22H22FN3OS/c1-13(2)18-9-8-17(11-19(18)23)26-21(28)25(20(27)22(26,4)5)16-7-6-15(12-24)14(3)10-16/h6-11,13H,1-5H3. The van der Waals surface area contributed by atoms with Crippen LogP contribution >= 0.6 is 12.2 Å². The van der Waals surface area contributed by atoms with Gasteiger partial charge in [0.05, 0.1) is 17.3 Å². The topological polar surface area (TPSA) is 47.3 Å². The Morgan fingerprint density at radius 1 is 1.14 bits per heavy atom. The van der Waals surface area contributed by atoms with Crippen LogP contribution in [-0.2, 0) is 4.79 Å². The number of nitrogens with zero attached hydrogens (tertiary/aromatic N) is 3. The van der Waals surface area contributed by atoms with Gasteiger partial charge in [0, 0.05) is 5.69 Å². The summed E-state index contributed by atoms with van der Waals surface area (Å²) in [5.74, 6) is -0.450. The van der Waals surface area contributed by atoms with Crippen LogP contribution in [0.1, 0.15) is 50.3 Å². The lowest BCUT2D eigenvalue weighted by Crippen LogP contribution is -2.44. The molecular weight excluding hydrogens is 373 g/mol. The van der Waals surface area contributed by atoms with Crippen LogP contribution in [0.25, 0.3) is 0 Å². The molecule has 1 saturated heterocycles. The maximum atomic E-state index is 14.6. The lowest BCUT2D eigenvalue weighted by atomic mass is 9.99. The predicted molar refractivity (Wildman–Crippen MR) is 113 cm³/mol. The number of nitriles is 1. The third-order valence-electron chi connectivity index (χ3n) is 5.12. The zero-order chi connectivity index (χ0) is 20.8. The largest absolute Gasteiger partial charge is 0.303 e. The molecule has 1 heterocycles. The van der Waals surface area contributed by atoms with E-state index in [0.29, 0.717) is 22.5 Å². The number of thiocarbonyl (C=S) groups is 1. The molecule has 0 bridgehead atoms. The van der Waals surface area contributed by atoms with Crippen molar-refractivity contribution in [3.8, 4) is 6.07 Å². The summed E-state index contributed by atoms with van der Waals surface area (Å²) in [6.07, 6.45) is 0. The van der Waals surface area contributed by atoms with Crippen LogP contribution in [0, 0.1) is 24.1 Å². The fourth-order valence-electron chi connectivity index (χ4n) is 3.49. The van der Waals surface area contributed by atoms with Crippen molar-refractivity contribution < 1.29 is 9.18 Å². The Labute approximate surface area is 170 Å². The van der Waals surface area contributed by atoms with Crippen LogP contribution in [0.5, 0.6) is 0 Å². The number of hydrogen-bond donors (Lipinski definition) is 0. The van der Waals surface area contributed by atoms with Gasteiger partial charge >= 0.3 is 0 Å². The van der Waals surface area contributed by atoms with E-state index in [9.17, 15) is 9.18 Å². The third-order valence-corrected chi connectivity index (χ3v) is 5.49. The smallest absolute Gasteiger partial charge is 0.259 e. The Bertz CT molecular complexity index is 1020. The number of benzene rings is 2. The summed E-state index contributed by atoms with van der Waals surface area (Å²) in [6, 6.07) is 12.2. The summed E-state index contributed by atoms with van der Waals surface area (Å²) in [6.45, 7) is 9.22. The van der Waals surface area contributed by atoms with Crippen LogP contribution in [0.4, 0.5) is 15.8 Å². The van der Waals surface area contributed by atoms with Gasteiger partial charge < -0.3 is 4.90 Å². The minimum absolute atomic E-state index is 0.0624. The molecule has 1 amide bonds. The number of halogens is 1. The van der Waals surface area contributed by atoms with Gasteiger partial charge in [0.1, 0.15) is 11.4 Å². The van der Waals surface area contributed by atoms with Crippen molar-refractivity contribution in [2.45, 2.75) is 46.1 Å². The first-order valence-electron chi connectivity index (χ1n) is 9.08. The maximum absolute atomic E-state index is 14.6. The molecule has 1 fully saturated rings. The van der Waals surface area contributed by atoms with E-state index in [1.807, 2.05) is 20.8 Å². The molecule has 3 rings (SSSR count). The number of anilines is 2. The van der Waals surface area contributed by atoms with E-state index in [1.165, 1.54) is 11.0 Å². The average molecular weight is 396 g/mol. The van der Waals surface area contributed by atoms with E-state index >= 15 is 0 Å². The number of amides is 1. The number of carbonyl (C=O) groups excluding carboxylic acids is 1. The SMILES string of the molecule is Cc1cc(N2C(=O)C(C)(C)N(c3ccc(C(C)C)c(F)c3)C2=S)ccc1C#N. The molecule has 0 unspecified atom stereocenters. The first-order valence-corrected chi connectivity index (χ1v) is 9.49. The number of aryl methyl sites for hydroxylation is 1. The highest BCUT2D eigenvalue weighted by atomic mass is 32.1. The van der Waals surface area contributed by atoms with Crippen molar-refractivity contribution in [2.75, 3.05) is 9.80 Å². The van der Waals surface area contributed by atoms with Crippen molar-refractivity contribution in [3.05, 3.63) is 58.9 Å². The van der Waals surface area contributed by atoms with Crippen molar-refractivity contribution in [1.29, 1.82) is 5.26 Å². The number of rotatable bonds is 3. The summed E-state index contributed by atoms with van der Waals surface area (Å²) < 4.78 is 14.6. The molecule has 2 aromatic carbocycles. The van der Waals surface area contributed by atoms with Crippen LogP contribution in [0.3, 0.4) is 0 Å². The second-order valence-electron chi connectivity index (χ2n) is 7.79. The molecule has 1 aliphatic heterocycles. The van der Waals surface area contributed by atoms with Crippen molar-refractivity contribution >= 4 is 34.6 Å². The second kappa shape index (κ2) is 6.99. The van der Waals surface area contributed by atoms with Gasteiger partial charge in [-0.2, -0.15) is 5.26 Å². The van der Waals surface area contributed by atoms with Crippen molar-refractivity contribution in [2.24, 2.45) is 0 Å². The molecule has 6 heteroatoms. The van der Waals surface area contributed by atoms with Gasteiger partial charge in [0.2, 0.25) is 0 Å². The van der Waals surface area contributed by atoms with Gasteiger partial charge in [-0.25, -0.2) is 4.39 Å². The highest BCUT2D eigenvalue weighted by Crippen LogP contribution is 2.37. The first-order chi connectivity index (χ1) is 13.1. The molecule has 28 heavy (non-hydrogen) atoms. The van der Waals surface area contributed by atoms with Crippen LogP contribution in [0.15, 0.2) is 36.4 Å². The Balaban J connectivity index is 2.07. The van der Waals surface area contributed by atoms with Crippen LogP contribution in [-0.4, -0.2) is 16.6 Å². The fourth-order valence-corrected chi connectivity index (χ4v) is 4.01. The van der Waals surface area contributed by atoms with E-state index in [0.717, 1.165) is 5.56 Å². The Morgan fingerprint density at radius 2 is 1.79 bits per heavy atom. The predicted octanol–water partition coefficient (Wildman–Crippen LogP) is 5.05. The molecule has 0 spiro atoms. The third kappa shape index (κ3) is 3.06. The van der Waals surface area contributed by atoms with E-state index in [-0.39, 0.29) is 22.8 Å². The zero-order valence-corrected chi connectivity index (χ0v) is 17.4.